The molecule has 23 heavy (non-hydrogen) atoms. The van der Waals surface area contributed by atoms with Crippen molar-refractivity contribution < 1.29 is 9.53 Å². The highest BCUT2D eigenvalue weighted by Crippen LogP contribution is 2.15. The van der Waals surface area contributed by atoms with Crippen LogP contribution in [0.2, 0.25) is 0 Å². The molecule has 0 aliphatic rings. The second-order valence-corrected chi connectivity index (χ2v) is 4.39. The van der Waals surface area contributed by atoms with E-state index in [0.717, 1.165) is 0 Å². The van der Waals surface area contributed by atoms with E-state index >= 15 is 0 Å². The van der Waals surface area contributed by atoms with Crippen molar-refractivity contribution in [3.05, 3.63) is 56.4 Å². The average Bonchev–Trinajstić information content (AvgIpc) is 2.52. The third-order valence-electron chi connectivity index (χ3n) is 2.72. The molecule has 0 fully saturated rings. The Balaban J connectivity index is 1.99. The van der Waals surface area contributed by atoms with Crippen molar-refractivity contribution in [3.8, 4) is 5.75 Å². The second kappa shape index (κ2) is 7.69. The largest absolute Gasteiger partial charge is 0.493 e. The Bertz CT molecular complexity index is 824. The van der Waals surface area contributed by atoms with E-state index in [4.69, 9.17) is 4.74 Å². The van der Waals surface area contributed by atoms with E-state index < -0.39 is 17.2 Å². The summed E-state index contributed by atoms with van der Waals surface area (Å²) in [6.07, 6.45) is 1.13. The van der Waals surface area contributed by atoms with Gasteiger partial charge < -0.3 is 4.74 Å². The number of H-pyrrole nitrogens is 2. The number of hydrogen-bond acceptors (Lipinski definition) is 6. The first-order chi connectivity index (χ1) is 11.1. The van der Waals surface area contributed by atoms with Gasteiger partial charge in [-0.25, -0.2) is 15.3 Å². The van der Waals surface area contributed by atoms with Crippen LogP contribution < -0.4 is 21.4 Å². The lowest BCUT2D eigenvalue weighted by molar-refractivity contribution is -0.120. The van der Waals surface area contributed by atoms with Crippen LogP contribution in [-0.4, -0.2) is 33.9 Å². The Morgan fingerprint density at radius 1 is 1.39 bits per heavy atom. The van der Waals surface area contributed by atoms with Crippen molar-refractivity contribution >= 4 is 12.1 Å². The van der Waals surface area contributed by atoms with Crippen LogP contribution >= 0.6 is 0 Å². The maximum Gasteiger partial charge on any atom is 0.342 e. The molecule has 1 heterocycles. The predicted octanol–water partition coefficient (Wildman–Crippen LogP) is -0.450. The van der Waals surface area contributed by atoms with Gasteiger partial charge in [0.05, 0.1) is 19.2 Å². The Morgan fingerprint density at radius 2 is 2.17 bits per heavy atom. The molecule has 9 heteroatoms. The highest BCUT2D eigenvalue weighted by atomic mass is 16.5. The molecule has 1 amide bonds. The van der Waals surface area contributed by atoms with E-state index in [0.29, 0.717) is 17.9 Å². The number of hydrogen-bond donors (Lipinski definition) is 3. The number of rotatable bonds is 6. The molecule has 1 aromatic heterocycles. The van der Waals surface area contributed by atoms with E-state index in [1.807, 2.05) is 24.0 Å². The number of carbonyl (C=O) groups is 1. The predicted molar refractivity (Wildman–Crippen MR) is 82.5 cm³/mol. The van der Waals surface area contributed by atoms with Crippen molar-refractivity contribution in [1.29, 1.82) is 0 Å². The Labute approximate surface area is 130 Å². The van der Waals surface area contributed by atoms with E-state index in [9.17, 15) is 14.4 Å². The van der Waals surface area contributed by atoms with Crippen LogP contribution in [0.1, 0.15) is 18.2 Å². The van der Waals surface area contributed by atoms with Gasteiger partial charge in [-0.05, 0) is 19.1 Å². The van der Waals surface area contributed by atoms with Crippen LogP contribution in [0.3, 0.4) is 0 Å². The van der Waals surface area contributed by atoms with Crippen LogP contribution in [0, 0.1) is 0 Å². The second-order valence-electron chi connectivity index (χ2n) is 4.39. The standard InChI is InChI=1S/C14H15N5O4/c1-2-23-11-6-4-3-5-9(11)8-15-18-12(20)7-10-13(21)16-14(22)19-17-10/h3-6,8H,2,7H2,1H3,(H,18,20)(H2,16,19,21,22)/b15-8+. The van der Waals surface area contributed by atoms with Crippen LogP contribution in [0.25, 0.3) is 0 Å². The molecule has 0 bridgehead atoms. The fourth-order valence-electron chi connectivity index (χ4n) is 1.73. The summed E-state index contributed by atoms with van der Waals surface area (Å²) in [6, 6.07) is 7.22. The van der Waals surface area contributed by atoms with Crippen molar-refractivity contribution in [3.63, 3.8) is 0 Å². The molecule has 0 aliphatic carbocycles. The summed E-state index contributed by atoms with van der Waals surface area (Å²) in [6.45, 7) is 2.38. The highest BCUT2D eigenvalue weighted by molar-refractivity contribution is 5.85. The number of carbonyl (C=O) groups excluding carboxylic acids is 1. The molecule has 0 saturated carbocycles. The Hall–Kier alpha value is -3.23. The molecule has 0 unspecified atom stereocenters. The number of benzene rings is 1. The Morgan fingerprint density at radius 3 is 2.91 bits per heavy atom. The molecule has 3 N–H and O–H groups in total. The first-order valence-electron chi connectivity index (χ1n) is 6.81. The van der Waals surface area contributed by atoms with Gasteiger partial charge in [0.1, 0.15) is 11.4 Å². The van der Waals surface area contributed by atoms with Gasteiger partial charge in [0.25, 0.3) is 5.56 Å². The monoisotopic (exact) mass is 317 g/mol. The fourth-order valence-corrected chi connectivity index (χ4v) is 1.73. The zero-order valence-electron chi connectivity index (χ0n) is 12.3. The minimum Gasteiger partial charge on any atom is -0.493 e. The van der Waals surface area contributed by atoms with Crippen LogP contribution in [0.5, 0.6) is 5.75 Å². The zero-order valence-corrected chi connectivity index (χ0v) is 12.3. The van der Waals surface area contributed by atoms with Crippen molar-refractivity contribution in [2.45, 2.75) is 13.3 Å². The lowest BCUT2D eigenvalue weighted by Crippen LogP contribution is -2.31. The topological polar surface area (TPSA) is 129 Å². The van der Waals surface area contributed by atoms with Crippen molar-refractivity contribution in [1.82, 2.24) is 20.6 Å². The molecule has 0 spiro atoms. The smallest absolute Gasteiger partial charge is 0.342 e. The van der Waals surface area contributed by atoms with Gasteiger partial charge in [-0.3, -0.25) is 14.6 Å². The molecule has 0 saturated heterocycles. The number of aromatic nitrogens is 3. The maximum atomic E-state index is 11.7. The molecule has 2 rings (SSSR count). The van der Waals surface area contributed by atoms with Gasteiger partial charge in [0, 0.05) is 5.56 Å². The number of nitrogens with zero attached hydrogens (tertiary/aromatic N) is 2. The third-order valence-corrected chi connectivity index (χ3v) is 2.72. The minimum absolute atomic E-state index is 0.105. The molecular weight excluding hydrogens is 302 g/mol. The minimum atomic E-state index is -0.732. The van der Waals surface area contributed by atoms with E-state index in [1.165, 1.54) is 6.21 Å². The van der Waals surface area contributed by atoms with E-state index in [-0.39, 0.29) is 12.1 Å². The Kier molecular flexibility index (Phi) is 5.40. The number of ether oxygens (including phenoxy) is 1. The summed E-state index contributed by atoms with van der Waals surface area (Å²) in [5.74, 6) is 0.104. The first-order valence-corrected chi connectivity index (χ1v) is 6.81. The molecule has 1 aromatic carbocycles. The number of para-hydroxylation sites is 1. The summed E-state index contributed by atoms with van der Waals surface area (Å²) in [4.78, 5) is 35.9. The number of hydrazone groups is 1. The third kappa shape index (κ3) is 4.63. The van der Waals surface area contributed by atoms with E-state index in [1.54, 1.807) is 12.1 Å². The number of aromatic amines is 2. The van der Waals surface area contributed by atoms with Crippen LogP contribution in [0.15, 0.2) is 39.0 Å². The van der Waals surface area contributed by atoms with Crippen molar-refractivity contribution in [2.75, 3.05) is 6.61 Å². The molecule has 120 valence electrons. The molecule has 0 radical (unpaired) electrons. The molecule has 9 nitrogen and oxygen atoms in total. The fraction of sp³-hybridized carbons (Fsp3) is 0.214. The summed E-state index contributed by atoms with van der Waals surface area (Å²) >= 11 is 0. The average molecular weight is 317 g/mol. The quantitative estimate of drug-likeness (QED) is 0.491. The molecule has 0 atom stereocenters. The summed E-state index contributed by atoms with van der Waals surface area (Å²) in [5.41, 5.74) is 1.43. The van der Waals surface area contributed by atoms with Crippen molar-refractivity contribution in [2.24, 2.45) is 5.10 Å². The SMILES string of the molecule is CCOc1ccccc1/C=N/NC(=O)Cc1n[nH]c(=O)[nH]c1=O. The lowest BCUT2D eigenvalue weighted by atomic mass is 10.2. The molecule has 0 aliphatic heterocycles. The number of nitrogens with one attached hydrogen (secondary N) is 3. The highest BCUT2D eigenvalue weighted by Gasteiger charge is 2.08. The number of amides is 1. The maximum absolute atomic E-state index is 11.7. The van der Waals surface area contributed by atoms with Crippen LogP contribution in [0.4, 0.5) is 0 Å². The normalized spacial score (nSPS) is 10.7. The molecule has 2 aromatic rings. The summed E-state index contributed by atoms with van der Waals surface area (Å²) in [7, 11) is 0. The van der Waals surface area contributed by atoms with Gasteiger partial charge in [-0.1, -0.05) is 12.1 Å². The van der Waals surface area contributed by atoms with Gasteiger partial charge in [0.15, 0.2) is 0 Å². The molecular formula is C14H15N5O4. The van der Waals surface area contributed by atoms with Gasteiger partial charge in [-0.15, -0.1) is 0 Å². The summed E-state index contributed by atoms with van der Waals surface area (Å²) in [5, 5.41) is 9.37. The zero-order chi connectivity index (χ0) is 16.7. The van der Waals surface area contributed by atoms with Gasteiger partial charge >= 0.3 is 5.69 Å². The first kappa shape index (κ1) is 16.1. The van der Waals surface area contributed by atoms with Gasteiger partial charge in [-0.2, -0.15) is 10.2 Å². The van der Waals surface area contributed by atoms with E-state index in [2.05, 4.69) is 20.7 Å². The van der Waals surface area contributed by atoms with Gasteiger partial charge in [0.2, 0.25) is 5.91 Å². The lowest BCUT2D eigenvalue weighted by Gasteiger charge is -2.05. The summed E-state index contributed by atoms with van der Waals surface area (Å²) < 4.78 is 5.42. The van der Waals surface area contributed by atoms with Crippen LogP contribution in [-0.2, 0) is 11.2 Å².